The molecule has 0 unspecified atom stereocenters. The van der Waals surface area contributed by atoms with Gasteiger partial charge in [-0.2, -0.15) is 5.10 Å². The zero-order valence-electron chi connectivity index (χ0n) is 16.2. The van der Waals surface area contributed by atoms with E-state index in [1.54, 1.807) is 4.68 Å². The number of nitrogens with one attached hydrogen (secondary N) is 1. The van der Waals surface area contributed by atoms with Gasteiger partial charge in [-0.15, -0.1) is 10.2 Å². The number of nitrogens with zero attached hydrogens (tertiary/aromatic N) is 5. The van der Waals surface area contributed by atoms with Gasteiger partial charge in [-0.1, -0.05) is 35.9 Å². The summed E-state index contributed by atoms with van der Waals surface area (Å²) in [5.41, 5.74) is 2.96. The van der Waals surface area contributed by atoms with Crippen molar-refractivity contribution >= 4 is 23.5 Å². The Labute approximate surface area is 168 Å². The van der Waals surface area contributed by atoms with Gasteiger partial charge in [0.2, 0.25) is 5.91 Å². The molecule has 1 aliphatic rings. The van der Waals surface area contributed by atoms with Crippen molar-refractivity contribution < 1.29 is 4.79 Å². The van der Waals surface area contributed by atoms with Crippen molar-refractivity contribution in [2.45, 2.75) is 51.2 Å². The normalized spacial score (nSPS) is 13.8. The van der Waals surface area contributed by atoms with Gasteiger partial charge in [-0.25, -0.2) is 4.68 Å². The number of aromatic nitrogens is 5. The van der Waals surface area contributed by atoms with E-state index in [4.69, 9.17) is 0 Å². The van der Waals surface area contributed by atoms with Crippen molar-refractivity contribution in [1.82, 2.24) is 24.5 Å². The topological polar surface area (TPSA) is 77.6 Å². The van der Waals surface area contributed by atoms with Crippen LogP contribution in [0, 0.1) is 13.8 Å². The molecule has 0 fully saturated rings. The van der Waals surface area contributed by atoms with Crippen LogP contribution in [0.25, 0.3) is 5.69 Å². The predicted octanol–water partition coefficient (Wildman–Crippen LogP) is 3.54. The number of anilines is 1. The van der Waals surface area contributed by atoms with E-state index in [2.05, 4.69) is 25.2 Å². The summed E-state index contributed by atoms with van der Waals surface area (Å²) >= 11 is 1.44. The molecule has 2 aromatic heterocycles. The third kappa shape index (κ3) is 4.11. The lowest BCUT2D eigenvalue weighted by Gasteiger charge is -2.09. The van der Waals surface area contributed by atoms with Gasteiger partial charge in [0.15, 0.2) is 5.16 Å². The molecule has 146 valence electrons. The van der Waals surface area contributed by atoms with Gasteiger partial charge < -0.3 is 9.88 Å². The fourth-order valence-electron chi connectivity index (χ4n) is 3.35. The van der Waals surface area contributed by atoms with Crippen LogP contribution in [0.1, 0.15) is 36.3 Å². The molecule has 0 saturated carbocycles. The Morgan fingerprint density at radius 2 is 1.96 bits per heavy atom. The van der Waals surface area contributed by atoms with E-state index in [1.165, 1.54) is 23.7 Å². The number of amides is 1. The Hall–Kier alpha value is -2.61. The van der Waals surface area contributed by atoms with Crippen LogP contribution < -0.4 is 5.32 Å². The summed E-state index contributed by atoms with van der Waals surface area (Å²) in [5.74, 6) is 1.92. The summed E-state index contributed by atoms with van der Waals surface area (Å²) in [7, 11) is 0. The highest BCUT2D eigenvalue weighted by molar-refractivity contribution is 7.99. The van der Waals surface area contributed by atoms with E-state index >= 15 is 0 Å². The molecule has 1 aromatic carbocycles. The molecule has 1 amide bonds. The zero-order chi connectivity index (χ0) is 19.5. The van der Waals surface area contributed by atoms with Crippen molar-refractivity contribution in [2.75, 3.05) is 11.1 Å². The summed E-state index contributed by atoms with van der Waals surface area (Å²) in [5, 5.41) is 16.9. The van der Waals surface area contributed by atoms with Crippen LogP contribution in [-0.4, -0.2) is 36.2 Å². The standard InChI is InChI=1S/C20H24N6OS/c1-14-7-9-16(10-8-14)26-18(12-15(2)24-26)21-19(27)13-28-20-23-22-17-6-4-3-5-11-25(17)20/h7-10,12H,3-6,11,13H2,1-2H3,(H,21,27). The minimum atomic E-state index is -0.0794. The summed E-state index contributed by atoms with van der Waals surface area (Å²) < 4.78 is 3.92. The third-order valence-corrected chi connectivity index (χ3v) is 5.75. The lowest BCUT2D eigenvalue weighted by atomic mass is 10.2. The van der Waals surface area contributed by atoms with E-state index in [0.717, 1.165) is 48.2 Å². The molecule has 0 aliphatic carbocycles. The minimum Gasteiger partial charge on any atom is -0.310 e. The van der Waals surface area contributed by atoms with Gasteiger partial charge in [0.05, 0.1) is 17.1 Å². The largest absolute Gasteiger partial charge is 0.310 e. The molecule has 4 rings (SSSR count). The maximum atomic E-state index is 12.6. The molecule has 7 nitrogen and oxygen atoms in total. The van der Waals surface area contributed by atoms with E-state index < -0.39 is 0 Å². The molecule has 3 heterocycles. The van der Waals surface area contributed by atoms with Crippen LogP contribution in [0.3, 0.4) is 0 Å². The maximum Gasteiger partial charge on any atom is 0.236 e. The number of hydrogen-bond acceptors (Lipinski definition) is 5. The molecule has 0 radical (unpaired) electrons. The van der Waals surface area contributed by atoms with Crippen molar-refractivity contribution in [3.05, 3.63) is 47.4 Å². The summed E-state index contributed by atoms with van der Waals surface area (Å²) in [4.78, 5) is 12.6. The van der Waals surface area contributed by atoms with Crippen LogP contribution >= 0.6 is 11.8 Å². The number of thioether (sulfide) groups is 1. The molecule has 8 heteroatoms. The van der Waals surface area contributed by atoms with Crippen molar-refractivity contribution in [2.24, 2.45) is 0 Å². The van der Waals surface area contributed by atoms with Gasteiger partial charge in [0, 0.05) is 19.0 Å². The first-order valence-corrected chi connectivity index (χ1v) is 10.6. The fourth-order valence-corrected chi connectivity index (χ4v) is 4.13. The van der Waals surface area contributed by atoms with E-state index in [1.807, 2.05) is 44.2 Å². The van der Waals surface area contributed by atoms with Crippen LogP contribution in [0.2, 0.25) is 0 Å². The van der Waals surface area contributed by atoms with Crippen LogP contribution in [-0.2, 0) is 17.8 Å². The van der Waals surface area contributed by atoms with Crippen molar-refractivity contribution in [1.29, 1.82) is 0 Å². The molecule has 0 bridgehead atoms. The second kappa shape index (κ2) is 8.18. The molecule has 3 aromatic rings. The molecular formula is C20H24N6OS. The second-order valence-electron chi connectivity index (χ2n) is 7.12. The Bertz CT molecular complexity index is 975. The van der Waals surface area contributed by atoms with Gasteiger partial charge in [0.25, 0.3) is 0 Å². The molecule has 28 heavy (non-hydrogen) atoms. The number of fused-ring (bicyclic) bond motifs is 1. The first kappa shape index (κ1) is 18.7. The fraction of sp³-hybridized carbons (Fsp3) is 0.400. The molecule has 1 aliphatic heterocycles. The summed E-state index contributed by atoms with van der Waals surface area (Å²) in [6.07, 6.45) is 4.48. The number of aryl methyl sites for hydroxylation is 3. The number of carbonyl (C=O) groups is 1. The smallest absolute Gasteiger partial charge is 0.236 e. The minimum absolute atomic E-state index is 0.0794. The molecule has 0 saturated heterocycles. The van der Waals surface area contributed by atoms with Crippen molar-refractivity contribution in [3.8, 4) is 5.69 Å². The SMILES string of the molecule is Cc1ccc(-n2nc(C)cc2NC(=O)CSc2nnc3n2CCCCC3)cc1. The van der Waals surface area contributed by atoms with Crippen LogP contribution in [0.15, 0.2) is 35.5 Å². The van der Waals surface area contributed by atoms with Crippen molar-refractivity contribution in [3.63, 3.8) is 0 Å². The maximum absolute atomic E-state index is 12.6. The summed E-state index contributed by atoms with van der Waals surface area (Å²) in [6.45, 7) is 4.90. The van der Waals surface area contributed by atoms with Crippen LogP contribution in [0.4, 0.5) is 5.82 Å². The lowest BCUT2D eigenvalue weighted by Crippen LogP contribution is -2.17. The predicted molar refractivity (Wildman–Crippen MR) is 110 cm³/mol. The average Bonchev–Trinajstić information content (AvgIpc) is 3.14. The molecular weight excluding hydrogens is 372 g/mol. The second-order valence-corrected chi connectivity index (χ2v) is 8.06. The zero-order valence-corrected chi connectivity index (χ0v) is 17.0. The first-order valence-electron chi connectivity index (χ1n) is 9.58. The Kier molecular flexibility index (Phi) is 5.47. The quantitative estimate of drug-likeness (QED) is 0.668. The molecule has 0 spiro atoms. The summed E-state index contributed by atoms with van der Waals surface area (Å²) in [6, 6.07) is 9.94. The van der Waals surface area contributed by atoms with Gasteiger partial charge >= 0.3 is 0 Å². The molecule has 0 atom stereocenters. The number of rotatable bonds is 5. The monoisotopic (exact) mass is 396 g/mol. The lowest BCUT2D eigenvalue weighted by molar-refractivity contribution is -0.113. The van der Waals surface area contributed by atoms with E-state index in [0.29, 0.717) is 5.82 Å². The number of hydrogen-bond donors (Lipinski definition) is 1. The van der Waals surface area contributed by atoms with E-state index in [-0.39, 0.29) is 11.7 Å². The number of benzene rings is 1. The highest BCUT2D eigenvalue weighted by Crippen LogP contribution is 2.23. The average molecular weight is 397 g/mol. The highest BCUT2D eigenvalue weighted by Gasteiger charge is 2.17. The van der Waals surface area contributed by atoms with E-state index in [9.17, 15) is 4.79 Å². The Balaban J connectivity index is 1.44. The van der Waals surface area contributed by atoms with Gasteiger partial charge in [0.1, 0.15) is 11.6 Å². The van der Waals surface area contributed by atoms with Gasteiger partial charge in [-0.05, 0) is 38.8 Å². The third-order valence-electron chi connectivity index (χ3n) is 4.79. The highest BCUT2D eigenvalue weighted by atomic mass is 32.2. The van der Waals surface area contributed by atoms with Crippen LogP contribution in [0.5, 0.6) is 0 Å². The number of carbonyl (C=O) groups excluding carboxylic acids is 1. The molecule has 1 N–H and O–H groups in total. The Morgan fingerprint density at radius 1 is 1.14 bits per heavy atom. The van der Waals surface area contributed by atoms with Gasteiger partial charge in [-0.3, -0.25) is 4.79 Å². The first-order chi connectivity index (χ1) is 13.6. The Morgan fingerprint density at radius 3 is 2.79 bits per heavy atom.